The first kappa shape index (κ1) is 16.9. The van der Waals surface area contributed by atoms with E-state index in [9.17, 15) is 10.2 Å². The monoisotopic (exact) mass is 372 g/mol. The average Bonchev–Trinajstić information content (AvgIpc) is 3.06. The van der Waals surface area contributed by atoms with Crippen molar-refractivity contribution in [3.05, 3.63) is 72.4 Å². The van der Waals surface area contributed by atoms with Crippen molar-refractivity contribution in [3.63, 3.8) is 0 Å². The molecule has 4 aromatic rings. The Morgan fingerprint density at radius 2 is 1.64 bits per heavy atom. The van der Waals surface area contributed by atoms with E-state index in [2.05, 4.69) is 9.97 Å². The quantitative estimate of drug-likeness (QED) is 0.514. The van der Waals surface area contributed by atoms with Crippen LogP contribution in [0, 0.1) is 0 Å². The van der Waals surface area contributed by atoms with Gasteiger partial charge in [-0.3, -0.25) is 4.40 Å². The van der Waals surface area contributed by atoms with Gasteiger partial charge in [0.1, 0.15) is 0 Å². The van der Waals surface area contributed by atoms with E-state index in [0.29, 0.717) is 18.6 Å². The van der Waals surface area contributed by atoms with Gasteiger partial charge in [-0.05, 0) is 18.4 Å². The molecule has 0 spiro atoms. The lowest BCUT2D eigenvalue weighted by Gasteiger charge is -2.42. The van der Waals surface area contributed by atoms with Crippen LogP contribution in [0.4, 0.5) is 0 Å². The second kappa shape index (κ2) is 6.15. The zero-order valence-electron chi connectivity index (χ0n) is 15.2. The predicted molar refractivity (Wildman–Crippen MR) is 107 cm³/mol. The van der Waals surface area contributed by atoms with Gasteiger partial charge in [0.05, 0.1) is 17.5 Å². The molecule has 1 aliphatic rings. The summed E-state index contributed by atoms with van der Waals surface area (Å²) in [6.45, 7) is 0. The summed E-state index contributed by atoms with van der Waals surface area (Å²) in [5.41, 5.74) is 10.6. The third-order valence-corrected chi connectivity index (χ3v) is 5.46. The number of hydrogen-bond donors (Lipinski definition) is 3. The molecular formula is C22H20N4O2. The third kappa shape index (κ3) is 2.66. The van der Waals surface area contributed by atoms with Crippen LogP contribution in [-0.4, -0.2) is 30.7 Å². The maximum absolute atomic E-state index is 9.75. The van der Waals surface area contributed by atoms with Crippen LogP contribution in [0.2, 0.25) is 0 Å². The Kier molecular flexibility index (Phi) is 3.72. The number of hydrogen-bond acceptors (Lipinski definition) is 5. The molecule has 2 heterocycles. The molecule has 4 N–H and O–H groups in total. The first-order valence-corrected chi connectivity index (χ1v) is 9.25. The number of nitrogens with zero attached hydrogens (tertiary/aromatic N) is 3. The highest BCUT2D eigenvalue weighted by atomic mass is 16.3. The molecule has 0 saturated heterocycles. The summed E-state index contributed by atoms with van der Waals surface area (Å²) in [7, 11) is 0. The van der Waals surface area contributed by atoms with Gasteiger partial charge < -0.3 is 15.9 Å². The summed E-state index contributed by atoms with van der Waals surface area (Å²) in [6, 6.07) is 19.6. The topological polar surface area (TPSA) is 96.7 Å². The molecule has 1 aliphatic carbocycles. The Morgan fingerprint density at radius 3 is 2.32 bits per heavy atom. The number of benzene rings is 2. The normalized spacial score (nSPS) is 21.6. The average molecular weight is 372 g/mol. The minimum Gasteiger partial charge on any atom is -0.493 e. The lowest BCUT2D eigenvalue weighted by Crippen LogP contribution is -2.51. The summed E-state index contributed by atoms with van der Waals surface area (Å²) >= 11 is 0. The Bertz CT molecular complexity index is 1150. The second-order valence-corrected chi connectivity index (χ2v) is 7.43. The predicted octanol–water partition coefficient (Wildman–Crippen LogP) is 3.08. The van der Waals surface area contributed by atoms with Gasteiger partial charge in [-0.1, -0.05) is 54.6 Å². The van der Waals surface area contributed by atoms with Crippen LogP contribution >= 0.6 is 0 Å². The van der Waals surface area contributed by atoms with Gasteiger partial charge in [0.15, 0.2) is 0 Å². The van der Waals surface area contributed by atoms with E-state index in [0.717, 1.165) is 28.1 Å². The Morgan fingerprint density at radius 1 is 0.929 bits per heavy atom. The maximum atomic E-state index is 9.75. The number of rotatable bonds is 3. The van der Waals surface area contributed by atoms with Crippen molar-refractivity contribution in [2.24, 2.45) is 5.73 Å². The molecule has 0 aliphatic heterocycles. The largest absolute Gasteiger partial charge is 0.493 e. The van der Waals surface area contributed by atoms with Crippen molar-refractivity contribution >= 4 is 5.78 Å². The summed E-state index contributed by atoms with van der Waals surface area (Å²) < 4.78 is 1.88. The highest BCUT2D eigenvalue weighted by Gasteiger charge is 2.41. The van der Waals surface area contributed by atoms with Gasteiger partial charge in [0.25, 0.3) is 0 Å². The zero-order chi connectivity index (χ0) is 19.3. The van der Waals surface area contributed by atoms with Gasteiger partial charge in [0, 0.05) is 28.9 Å². The number of aliphatic hydroxyl groups excluding tert-OH is 1. The molecule has 0 bridgehead atoms. The molecular weight excluding hydrogens is 352 g/mol. The van der Waals surface area contributed by atoms with Crippen molar-refractivity contribution in [1.29, 1.82) is 0 Å². The first-order valence-electron chi connectivity index (χ1n) is 9.25. The Hall–Kier alpha value is -3.22. The number of imidazole rings is 1. The smallest absolute Gasteiger partial charge is 0.238 e. The maximum Gasteiger partial charge on any atom is 0.238 e. The van der Waals surface area contributed by atoms with Crippen LogP contribution in [0.25, 0.3) is 28.3 Å². The molecule has 2 aromatic heterocycles. The van der Waals surface area contributed by atoms with Crippen LogP contribution in [0.1, 0.15) is 18.4 Å². The Labute approximate surface area is 161 Å². The molecule has 0 radical (unpaired) electrons. The highest BCUT2D eigenvalue weighted by molar-refractivity contribution is 5.81. The number of aliphatic hydroxyl groups is 1. The summed E-state index contributed by atoms with van der Waals surface area (Å²) in [5.74, 6) is 0.378. The Balaban J connectivity index is 1.64. The van der Waals surface area contributed by atoms with Gasteiger partial charge in [-0.2, -0.15) is 4.98 Å². The van der Waals surface area contributed by atoms with Crippen molar-refractivity contribution in [3.8, 4) is 28.4 Å². The van der Waals surface area contributed by atoms with E-state index in [1.54, 1.807) is 12.3 Å². The highest BCUT2D eigenvalue weighted by Crippen LogP contribution is 2.40. The number of aromatic nitrogens is 3. The number of nitrogens with two attached hydrogens (primary N) is 1. The minimum atomic E-state index is -0.452. The summed E-state index contributed by atoms with van der Waals surface area (Å²) in [6.07, 6.45) is 2.62. The van der Waals surface area contributed by atoms with Gasteiger partial charge in [0.2, 0.25) is 11.7 Å². The van der Waals surface area contributed by atoms with Crippen LogP contribution in [0.5, 0.6) is 5.88 Å². The summed E-state index contributed by atoms with van der Waals surface area (Å²) in [5, 5.41) is 19.4. The van der Waals surface area contributed by atoms with Gasteiger partial charge in [-0.15, -0.1) is 0 Å². The first-order chi connectivity index (χ1) is 13.5. The van der Waals surface area contributed by atoms with E-state index in [1.807, 2.05) is 59.0 Å². The molecule has 6 heteroatoms. The molecule has 140 valence electrons. The van der Waals surface area contributed by atoms with Crippen LogP contribution < -0.4 is 5.73 Å². The lowest BCUT2D eigenvalue weighted by atomic mass is 9.70. The summed E-state index contributed by atoms with van der Waals surface area (Å²) in [4.78, 5) is 8.83. The standard InChI is InChI=1S/C22H20N4O2/c23-22(12-17(27)13-22)16-8-6-14(7-9-16)19-20(15-4-2-1-3-5-15)26-11-10-18(28)24-21(26)25-19/h1-11,17,27H,12-13,23H2,(H,24,25,28). The molecule has 0 unspecified atom stereocenters. The van der Waals surface area contributed by atoms with Crippen LogP contribution in [0.3, 0.4) is 0 Å². The van der Waals surface area contributed by atoms with Crippen molar-refractivity contribution in [1.82, 2.24) is 14.4 Å². The van der Waals surface area contributed by atoms with Gasteiger partial charge >= 0.3 is 0 Å². The molecule has 28 heavy (non-hydrogen) atoms. The second-order valence-electron chi connectivity index (χ2n) is 7.43. The van der Waals surface area contributed by atoms with E-state index < -0.39 is 5.54 Å². The van der Waals surface area contributed by atoms with E-state index in [-0.39, 0.29) is 12.0 Å². The molecule has 1 fully saturated rings. The molecule has 6 nitrogen and oxygen atoms in total. The number of aromatic hydroxyl groups is 1. The fourth-order valence-electron chi connectivity index (χ4n) is 3.97. The molecule has 0 atom stereocenters. The fourth-order valence-corrected chi connectivity index (χ4v) is 3.97. The minimum absolute atomic E-state index is 0.0624. The fraction of sp³-hybridized carbons (Fsp3) is 0.182. The molecule has 2 aromatic carbocycles. The third-order valence-electron chi connectivity index (χ3n) is 5.46. The molecule has 1 saturated carbocycles. The van der Waals surface area contributed by atoms with Gasteiger partial charge in [-0.25, -0.2) is 4.98 Å². The van der Waals surface area contributed by atoms with E-state index >= 15 is 0 Å². The molecule has 5 rings (SSSR count). The van der Waals surface area contributed by atoms with E-state index in [4.69, 9.17) is 5.73 Å². The van der Waals surface area contributed by atoms with Crippen molar-refractivity contribution in [2.75, 3.05) is 0 Å². The zero-order valence-corrected chi connectivity index (χ0v) is 15.2. The van der Waals surface area contributed by atoms with Crippen LogP contribution in [0.15, 0.2) is 66.9 Å². The lowest BCUT2D eigenvalue weighted by molar-refractivity contribution is 0.0209. The SMILES string of the molecule is NC1(c2ccc(-c3nc4nc(O)ccn4c3-c3ccccc3)cc2)CC(O)C1. The molecule has 0 amide bonds. The van der Waals surface area contributed by atoms with E-state index in [1.165, 1.54) is 0 Å². The number of fused-ring (bicyclic) bond motifs is 1. The van der Waals surface area contributed by atoms with Crippen molar-refractivity contribution in [2.45, 2.75) is 24.5 Å². The van der Waals surface area contributed by atoms with Crippen molar-refractivity contribution < 1.29 is 10.2 Å². The van der Waals surface area contributed by atoms with Crippen LogP contribution in [-0.2, 0) is 5.54 Å².